The number of aromatic amines is 1. The zero-order chi connectivity index (χ0) is 9.30. The van der Waals surface area contributed by atoms with E-state index < -0.39 is 11.9 Å². The van der Waals surface area contributed by atoms with Crippen LogP contribution in [0, 0.1) is 0 Å². The quantitative estimate of drug-likeness (QED) is 0.650. The molecule has 0 fully saturated rings. The first-order valence-corrected chi connectivity index (χ1v) is 3.51. The molecule has 0 aliphatic heterocycles. The van der Waals surface area contributed by atoms with E-state index in [9.17, 15) is 9.59 Å². The summed E-state index contributed by atoms with van der Waals surface area (Å²) in [5.74, 6) is -1.62. The fourth-order valence-electron chi connectivity index (χ4n) is 0.866. The number of aliphatic carboxylic acids is 1. The number of aromatic nitrogens is 2. The lowest BCUT2D eigenvalue weighted by molar-refractivity contribution is -0.138. The van der Waals surface area contributed by atoms with Crippen molar-refractivity contribution in [2.24, 2.45) is 7.05 Å². The summed E-state index contributed by atoms with van der Waals surface area (Å²) in [7, 11) is 1.54. The number of carbonyl (C=O) groups is 1. The Hall–Kier alpha value is -1.52. The highest BCUT2D eigenvalue weighted by Crippen LogP contribution is 2.09. The van der Waals surface area contributed by atoms with Gasteiger partial charge in [0.15, 0.2) is 0 Å². The van der Waals surface area contributed by atoms with E-state index in [4.69, 9.17) is 5.11 Å². The minimum absolute atomic E-state index is 0.224. The monoisotopic (exact) mass is 170 g/mol. The standard InChI is InChI=1S/C7H10N2O3/c1-4(7(11)12)5-3-6(10)9(2)8-5/h3-4,8H,1-2H3,(H,11,12). The summed E-state index contributed by atoms with van der Waals surface area (Å²) >= 11 is 0. The van der Waals surface area contributed by atoms with Crippen LogP contribution >= 0.6 is 0 Å². The topological polar surface area (TPSA) is 75.1 Å². The van der Waals surface area contributed by atoms with Gasteiger partial charge in [0.1, 0.15) is 0 Å². The van der Waals surface area contributed by atoms with Gasteiger partial charge in [-0.1, -0.05) is 0 Å². The molecule has 0 aromatic carbocycles. The van der Waals surface area contributed by atoms with Gasteiger partial charge in [-0.05, 0) is 6.92 Å². The summed E-state index contributed by atoms with van der Waals surface area (Å²) in [4.78, 5) is 21.4. The third kappa shape index (κ3) is 1.39. The van der Waals surface area contributed by atoms with E-state index in [0.717, 1.165) is 0 Å². The van der Waals surface area contributed by atoms with Gasteiger partial charge in [-0.25, -0.2) is 0 Å². The van der Waals surface area contributed by atoms with Crippen molar-refractivity contribution in [2.75, 3.05) is 0 Å². The Balaban J connectivity index is 3.04. The number of carboxylic acid groups (broad SMARTS) is 1. The molecule has 1 atom stereocenters. The Morgan fingerprint density at radius 3 is 2.67 bits per heavy atom. The molecule has 66 valence electrons. The maximum Gasteiger partial charge on any atom is 0.312 e. The highest BCUT2D eigenvalue weighted by Gasteiger charge is 2.15. The van der Waals surface area contributed by atoms with Crippen molar-refractivity contribution in [3.05, 3.63) is 22.1 Å². The van der Waals surface area contributed by atoms with Gasteiger partial charge in [0.05, 0.1) is 11.6 Å². The van der Waals surface area contributed by atoms with Crippen LogP contribution in [0.3, 0.4) is 0 Å². The molecule has 0 saturated carbocycles. The molecular weight excluding hydrogens is 160 g/mol. The Morgan fingerprint density at radius 1 is 1.75 bits per heavy atom. The van der Waals surface area contributed by atoms with Crippen LogP contribution in [0.4, 0.5) is 0 Å². The molecule has 1 unspecified atom stereocenters. The van der Waals surface area contributed by atoms with Crippen LogP contribution < -0.4 is 5.56 Å². The summed E-state index contributed by atoms with van der Waals surface area (Å²) < 4.78 is 1.24. The molecule has 5 heteroatoms. The molecule has 12 heavy (non-hydrogen) atoms. The first-order valence-electron chi connectivity index (χ1n) is 3.51. The Labute approximate surface area is 68.6 Å². The summed E-state index contributed by atoms with van der Waals surface area (Å²) in [6.07, 6.45) is 0. The predicted molar refractivity (Wildman–Crippen MR) is 42.1 cm³/mol. The van der Waals surface area contributed by atoms with Gasteiger partial charge in [-0.3, -0.25) is 19.4 Å². The van der Waals surface area contributed by atoms with Crippen LogP contribution in [0.15, 0.2) is 10.9 Å². The molecule has 5 nitrogen and oxygen atoms in total. The molecule has 2 N–H and O–H groups in total. The lowest BCUT2D eigenvalue weighted by atomic mass is 10.1. The zero-order valence-electron chi connectivity index (χ0n) is 6.87. The number of hydrogen-bond acceptors (Lipinski definition) is 2. The van der Waals surface area contributed by atoms with Crippen molar-refractivity contribution in [1.82, 2.24) is 9.78 Å². The maximum absolute atomic E-state index is 10.9. The van der Waals surface area contributed by atoms with Crippen molar-refractivity contribution < 1.29 is 9.90 Å². The Kier molecular flexibility index (Phi) is 2.03. The Bertz CT molecular complexity index is 350. The van der Waals surface area contributed by atoms with Crippen molar-refractivity contribution in [3.8, 4) is 0 Å². The maximum atomic E-state index is 10.9. The number of rotatable bonds is 2. The van der Waals surface area contributed by atoms with Crippen molar-refractivity contribution in [2.45, 2.75) is 12.8 Å². The molecule has 1 aromatic rings. The van der Waals surface area contributed by atoms with Gasteiger partial charge in [-0.15, -0.1) is 0 Å². The van der Waals surface area contributed by atoms with Crippen LogP contribution in [0.5, 0.6) is 0 Å². The smallest absolute Gasteiger partial charge is 0.312 e. The number of nitrogens with one attached hydrogen (secondary N) is 1. The number of hydrogen-bond donors (Lipinski definition) is 2. The van der Waals surface area contributed by atoms with E-state index >= 15 is 0 Å². The highest BCUT2D eigenvalue weighted by molar-refractivity contribution is 5.74. The normalized spacial score (nSPS) is 12.8. The molecule has 1 heterocycles. The molecule has 0 radical (unpaired) electrons. The number of aryl methyl sites for hydroxylation is 1. The fourth-order valence-corrected chi connectivity index (χ4v) is 0.866. The second-order valence-corrected chi connectivity index (χ2v) is 2.67. The molecule has 0 amide bonds. The first-order chi connectivity index (χ1) is 5.52. The second kappa shape index (κ2) is 2.84. The predicted octanol–water partition coefficient (Wildman–Crippen LogP) is -0.0985. The lowest BCUT2D eigenvalue weighted by Gasteiger charge is -2.00. The summed E-state index contributed by atoms with van der Waals surface area (Å²) in [6.45, 7) is 1.52. The molecule has 0 bridgehead atoms. The van der Waals surface area contributed by atoms with Gasteiger partial charge in [0.25, 0.3) is 5.56 Å². The first kappa shape index (κ1) is 8.58. The van der Waals surface area contributed by atoms with E-state index in [1.165, 1.54) is 17.7 Å². The summed E-state index contributed by atoms with van der Waals surface area (Å²) in [5, 5.41) is 11.3. The second-order valence-electron chi connectivity index (χ2n) is 2.67. The summed E-state index contributed by atoms with van der Waals surface area (Å²) in [5.41, 5.74) is 0.202. The lowest BCUT2D eigenvalue weighted by Crippen LogP contribution is -2.10. The van der Waals surface area contributed by atoms with Crippen molar-refractivity contribution >= 4 is 5.97 Å². The van der Waals surface area contributed by atoms with E-state index in [1.807, 2.05) is 0 Å². The molecule has 0 aliphatic carbocycles. The highest BCUT2D eigenvalue weighted by atomic mass is 16.4. The van der Waals surface area contributed by atoms with Gasteiger partial charge in [0, 0.05) is 13.1 Å². The van der Waals surface area contributed by atoms with E-state index in [2.05, 4.69) is 5.10 Å². The van der Waals surface area contributed by atoms with Crippen LogP contribution in [-0.2, 0) is 11.8 Å². The minimum Gasteiger partial charge on any atom is -0.481 e. The molecule has 0 saturated heterocycles. The third-order valence-corrected chi connectivity index (χ3v) is 1.74. The number of H-pyrrole nitrogens is 1. The van der Waals surface area contributed by atoms with E-state index in [-0.39, 0.29) is 5.56 Å². The number of nitrogens with zero attached hydrogens (tertiary/aromatic N) is 1. The van der Waals surface area contributed by atoms with Crippen LogP contribution in [-0.4, -0.2) is 20.9 Å². The Morgan fingerprint density at radius 2 is 2.33 bits per heavy atom. The largest absolute Gasteiger partial charge is 0.481 e. The SMILES string of the molecule is CC(C(=O)O)c1cc(=O)n(C)[nH]1. The average Bonchev–Trinajstić information content (AvgIpc) is 2.30. The molecule has 1 rings (SSSR count). The van der Waals surface area contributed by atoms with Crippen LogP contribution in [0.2, 0.25) is 0 Å². The number of carboxylic acids is 1. The van der Waals surface area contributed by atoms with Gasteiger partial charge < -0.3 is 5.11 Å². The molecular formula is C7H10N2O3. The molecule has 0 aliphatic rings. The van der Waals surface area contributed by atoms with Gasteiger partial charge in [-0.2, -0.15) is 0 Å². The fraction of sp³-hybridized carbons (Fsp3) is 0.429. The average molecular weight is 170 g/mol. The van der Waals surface area contributed by atoms with Gasteiger partial charge >= 0.3 is 5.97 Å². The van der Waals surface area contributed by atoms with E-state index in [0.29, 0.717) is 5.69 Å². The summed E-state index contributed by atoms with van der Waals surface area (Å²) in [6, 6.07) is 1.29. The van der Waals surface area contributed by atoms with Crippen molar-refractivity contribution in [3.63, 3.8) is 0 Å². The molecule has 0 spiro atoms. The minimum atomic E-state index is -0.947. The van der Waals surface area contributed by atoms with Crippen molar-refractivity contribution in [1.29, 1.82) is 0 Å². The van der Waals surface area contributed by atoms with Gasteiger partial charge in [0.2, 0.25) is 0 Å². The third-order valence-electron chi connectivity index (χ3n) is 1.74. The van der Waals surface area contributed by atoms with Crippen LogP contribution in [0.25, 0.3) is 0 Å². The van der Waals surface area contributed by atoms with Crippen LogP contribution in [0.1, 0.15) is 18.5 Å². The van der Waals surface area contributed by atoms with E-state index in [1.54, 1.807) is 7.05 Å². The zero-order valence-corrected chi connectivity index (χ0v) is 6.87. The molecule has 1 aromatic heterocycles.